The minimum absolute atomic E-state index is 0.00662. The lowest BCUT2D eigenvalue weighted by atomic mass is 10.3. The van der Waals surface area contributed by atoms with Crippen molar-refractivity contribution in [1.82, 2.24) is 10.2 Å². The Morgan fingerprint density at radius 3 is 2.93 bits per heavy atom. The molecule has 14 heavy (non-hydrogen) atoms. The van der Waals surface area contributed by atoms with Gasteiger partial charge in [0, 0.05) is 26.6 Å². The monoisotopic (exact) mass is 200 g/mol. The first kappa shape index (κ1) is 11.0. The molecule has 2 amide bonds. The van der Waals surface area contributed by atoms with Crippen LogP contribution in [-0.4, -0.2) is 49.6 Å². The fourth-order valence-electron chi connectivity index (χ4n) is 1.31. The first-order valence-corrected chi connectivity index (χ1v) is 4.70. The van der Waals surface area contributed by atoms with Crippen molar-refractivity contribution < 1.29 is 14.3 Å². The van der Waals surface area contributed by atoms with Crippen molar-refractivity contribution in [2.24, 2.45) is 0 Å². The van der Waals surface area contributed by atoms with E-state index in [0.29, 0.717) is 19.5 Å². The van der Waals surface area contributed by atoms with E-state index >= 15 is 0 Å². The van der Waals surface area contributed by atoms with Crippen LogP contribution in [0.1, 0.15) is 13.3 Å². The number of ether oxygens (including phenoxy) is 1. The molecule has 1 N–H and O–H groups in total. The number of rotatable bonds is 3. The lowest BCUT2D eigenvalue weighted by Crippen LogP contribution is -2.39. The van der Waals surface area contributed by atoms with E-state index in [9.17, 15) is 9.59 Å². The average molecular weight is 200 g/mol. The molecule has 1 rings (SSSR count). The van der Waals surface area contributed by atoms with E-state index in [1.807, 2.05) is 6.92 Å². The van der Waals surface area contributed by atoms with Crippen molar-refractivity contribution in [2.75, 3.05) is 26.7 Å². The van der Waals surface area contributed by atoms with Crippen molar-refractivity contribution in [1.29, 1.82) is 0 Å². The first-order chi connectivity index (χ1) is 6.63. The third kappa shape index (κ3) is 2.99. The van der Waals surface area contributed by atoms with Gasteiger partial charge in [-0.2, -0.15) is 0 Å². The van der Waals surface area contributed by atoms with Crippen LogP contribution in [0.5, 0.6) is 0 Å². The molecule has 80 valence electrons. The third-order valence-electron chi connectivity index (χ3n) is 2.28. The zero-order valence-electron chi connectivity index (χ0n) is 8.58. The van der Waals surface area contributed by atoms with Gasteiger partial charge in [0.1, 0.15) is 0 Å². The molecule has 0 bridgehead atoms. The molecular formula is C9H16N2O3. The van der Waals surface area contributed by atoms with Crippen LogP contribution >= 0.6 is 0 Å². The van der Waals surface area contributed by atoms with Gasteiger partial charge in [0.15, 0.2) is 0 Å². The fourth-order valence-corrected chi connectivity index (χ4v) is 1.31. The molecule has 1 atom stereocenters. The highest BCUT2D eigenvalue weighted by atomic mass is 16.5. The average Bonchev–Trinajstić information content (AvgIpc) is 2.33. The molecular weight excluding hydrogens is 184 g/mol. The Morgan fingerprint density at radius 1 is 1.57 bits per heavy atom. The van der Waals surface area contributed by atoms with E-state index < -0.39 is 0 Å². The summed E-state index contributed by atoms with van der Waals surface area (Å²) in [4.78, 5) is 24.1. The zero-order chi connectivity index (χ0) is 10.6. The second-order valence-electron chi connectivity index (χ2n) is 3.41. The summed E-state index contributed by atoms with van der Waals surface area (Å²) in [5.41, 5.74) is 0. The lowest BCUT2D eigenvalue weighted by molar-refractivity contribution is -0.131. The quantitative estimate of drug-likeness (QED) is 0.660. The van der Waals surface area contributed by atoms with Gasteiger partial charge >= 0.3 is 0 Å². The van der Waals surface area contributed by atoms with Crippen LogP contribution < -0.4 is 5.32 Å². The number of nitrogens with one attached hydrogen (secondary N) is 1. The molecule has 0 aromatic rings. The third-order valence-corrected chi connectivity index (χ3v) is 2.28. The minimum atomic E-state index is -0.0640. The summed E-state index contributed by atoms with van der Waals surface area (Å²) < 4.78 is 5.07. The lowest BCUT2D eigenvalue weighted by Gasteiger charge is -2.22. The second kappa shape index (κ2) is 4.95. The summed E-state index contributed by atoms with van der Waals surface area (Å²) in [6.45, 7) is 3.03. The fraction of sp³-hybridized carbons (Fsp3) is 0.778. The van der Waals surface area contributed by atoms with Gasteiger partial charge < -0.3 is 15.0 Å². The topological polar surface area (TPSA) is 58.6 Å². The van der Waals surface area contributed by atoms with Gasteiger partial charge in [-0.15, -0.1) is 0 Å². The minimum Gasteiger partial charge on any atom is -0.380 e. The number of nitrogens with zero attached hydrogens (tertiary/aromatic N) is 1. The van der Waals surface area contributed by atoms with Gasteiger partial charge in [0.25, 0.3) is 0 Å². The molecule has 1 heterocycles. The normalized spacial score (nSPS) is 20.3. The molecule has 0 aromatic heterocycles. The van der Waals surface area contributed by atoms with Crippen molar-refractivity contribution in [3.63, 3.8) is 0 Å². The van der Waals surface area contributed by atoms with Crippen LogP contribution in [0, 0.1) is 0 Å². The summed E-state index contributed by atoms with van der Waals surface area (Å²) in [6, 6.07) is 0. The standard InChI is InChI=1S/C9H16N2O3/c1-7(14-2)6-11-4-3-8(12)10-5-9(11)13/h7H,3-6H2,1-2H3,(H,10,12). The summed E-state index contributed by atoms with van der Waals surface area (Å²) in [6.07, 6.45) is 0.384. The van der Waals surface area contributed by atoms with Gasteiger partial charge in [-0.1, -0.05) is 0 Å². The number of carbonyl (C=O) groups excluding carboxylic acids is 2. The van der Waals surface area contributed by atoms with Gasteiger partial charge in [0.05, 0.1) is 12.6 Å². The van der Waals surface area contributed by atoms with E-state index in [0.717, 1.165) is 0 Å². The van der Waals surface area contributed by atoms with Crippen LogP contribution in [0.2, 0.25) is 0 Å². The molecule has 5 heteroatoms. The van der Waals surface area contributed by atoms with Crippen LogP contribution in [0.25, 0.3) is 0 Å². The number of hydrogen-bond donors (Lipinski definition) is 1. The van der Waals surface area contributed by atoms with Gasteiger partial charge in [-0.3, -0.25) is 9.59 Å². The van der Waals surface area contributed by atoms with E-state index in [-0.39, 0.29) is 24.5 Å². The maximum absolute atomic E-state index is 11.5. The van der Waals surface area contributed by atoms with Crippen LogP contribution in [0.4, 0.5) is 0 Å². The van der Waals surface area contributed by atoms with E-state index in [1.54, 1.807) is 12.0 Å². The molecule has 1 fully saturated rings. The summed E-state index contributed by atoms with van der Waals surface area (Å²) >= 11 is 0. The Balaban J connectivity index is 2.49. The number of carbonyl (C=O) groups is 2. The molecule has 0 saturated carbocycles. The van der Waals surface area contributed by atoms with Crippen LogP contribution in [0.3, 0.4) is 0 Å². The predicted octanol–water partition coefficient (Wildman–Crippen LogP) is -0.630. The molecule has 1 saturated heterocycles. The Kier molecular flexibility index (Phi) is 3.88. The molecule has 1 unspecified atom stereocenters. The number of methoxy groups -OCH3 is 1. The second-order valence-corrected chi connectivity index (χ2v) is 3.41. The van der Waals surface area contributed by atoms with Gasteiger partial charge in [0.2, 0.25) is 11.8 Å². The molecule has 0 radical (unpaired) electrons. The Labute approximate surface area is 83.4 Å². The molecule has 0 spiro atoms. The molecule has 1 aliphatic heterocycles. The van der Waals surface area contributed by atoms with Crippen molar-refractivity contribution in [2.45, 2.75) is 19.4 Å². The Morgan fingerprint density at radius 2 is 2.29 bits per heavy atom. The van der Waals surface area contributed by atoms with E-state index in [2.05, 4.69) is 5.32 Å². The van der Waals surface area contributed by atoms with Crippen LogP contribution in [0.15, 0.2) is 0 Å². The Hall–Kier alpha value is -1.10. The largest absolute Gasteiger partial charge is 0.380 e. The molecule has 0 aromatic carbocycles. The highest BCUT2D eigenvalue weighted by molar-refractivity contribution is 5.87. The summed E-state index contributed by atoms with van der Waals surface area (Å²) in [5.74, 6) is -0.106. The van der Waals surface area contributed by atoms with Crippen molar-refractivity contribution in [3.05, 3.63) is 0 Å². The summed E-state index contributed by atoms with van der Waals surface area (Å²) in [5, 5.41) is 2.54. The number of amides is 2. The molecule has 5 nitrogen and oxygen atoms in total. The SMILES string of the molecule is COC(C)CN1CCC(=O)NCC1=O. The maximum atomic E-state index is 11.5. The maximum Gasteiger partial charge on any atom is 0.242 e. The number of hydrogen-bond acceptors (Lipinski definition) is 3. The summed E-state index contributed by atoms with van der Waals surface area (Å²) in [7, 11) is 1.61. The molecule has 1 aliphatic rings. The first-order valence-electron chi connectivity index (χ1n) is 4.70. The predicted molar refractivity (Wildman–Crippen MR) is 50.7 cm³/mol. The van der Waals surface area contributed by atoms with E-state index in [1.165, 1.54) is 0 Å². The Bertz CT molecular complexity index is 230. The molecule has 0 aliphatic carbocycles. The smallest absolute Gasteiger partial charge is 0.242 e. The highest BCUT2D eigenvalue weighted by Crippen LogP contribution is 2.01. The van der Waals surface area contributed by atoms with Gasteiger partial charge in [-0.25, -0.2) is 0 Å². The van der Waals surface area contributed by atoms with Crippen molar-refractivity contribution >= 4 is 11.8 Å². The van der Waals surface area contributed by atoms with E-state index in [4.69, 9.17) is 4.74 Å². The zero-order valence-corrected chi connectivity index (χ0v) is 8.58. The van der Waals surface area contributed by atoms with Crippen molar-refractivity contribution in [3.8, 4) is 0 Å². The van der Waals surface area contributed by atoms with Gasteiger partial charge in [-0.05, 0) is 6.92 Å². The van der Waals surface area contributed by atoms with Crippen LogP contribution in [-0.2, 0) is 14.3 Å². The highest BCUT2D eigenvalue weighted by Gasteiger charge is 2.21.